The summed E-state index contributed by atoms with van der Waals surface area (Å²) in [4.78, 5) is 0. The van der Waals surface area contributed by atoms with Crippen molar-refractivity contribution in [1.82, 2.24) is 0 Å². The molecule has 2 saturated heterocycles. The number of hydrogen-bond acceptors (Lipinski definition) is 8. The molecule has 2 aromatic rings. The molecule has 2 aliphatic rings. The minimum Gasteiger partial charge on any atom is -0.488 e. The molecule has 8 nitrogen and oxygen atoms in total. The zero-order valence-corrected chi connectivity index (χ0v) is 18.1. The van der Waals surface area contributed by atoms with Gasteiger partial charge in [0.05, 0.1) is 19.8 Å². The first-order valence-electron chi connectivity index (χ1n) is 10.5. The highest BCUT2D eigenvalue weighted by atomic mass is 35.5. The lowest BCUT2D eigenvalue weighted by Crippen LogP contribution is -2.63. The molecule has 0 amide bonds. The normalized spacial score (nSPS) is 32.8. The monoisotopic (exact) mass is 466 g/mol. The van der Waals surface area contributed by atoms with Gasteiger partial charge in [-0.2, -0.15) is 0 Å². The van der Waals surface area contributed by atoms with E-state index in [0.29, 0.717) is 30.2 Å². The van der Waals surface area contributed by atoms with Gasteiger partial charge < -0.3 is 39.7 Å². The molecule has 0 aliphatic carbocycles. The molecule has 2 aromatic carbocycles. The highest BCUT2D eigenvalue weighted by Gasteiger charge is 2.53. The molecule has 9 heteroatoms. The first-order chi connectivity index (χ1) is 15.3. The van der Waals surface area contributed by atoms with Gasteiger partial charge in [0.2, 0.25) is 5.79 Å². The molecular weight excluding hydrogens is 440 g/mol. The summed E-state index contributed by atoms with van der Waals surface area (Å²) in [7, 11) is 0. The average molecular weight is 467 g/mol. The Morgan fingerprint density at radius 3 is 2.47 bits per heavy atom. The van der Waals surface area contributed by atoms with Gasteiger partial charge in [0.15, 0.2) is 0 Å². The van der Waals surface area contributed by atoms with Gasteiger partial charge in [-0.05, 0) is 41.8 Å². The fourth-order valence-corrected chi connectivity index (χ4v) is 4.21. The topological polar surface area (TPSA) is 129 Å². The van der Waals surface area contributed by atoms with Crippen LogP contribution in [-0.4, -0.2) is 75.9 Å². The highest BCUT2D eigenvalue weighted by molar-refractivity contribution is 6.31. The quantitative estimate of drug-likeness (QED) is 0.421. The molecule has 6 atom stereocenters. The maximum absolute atomic E-state index is 11.0. The van der Waals surface area contributed by atoms with Gasteiger partial charge in [-0.3, -0.25) is 0 Å². The molecule has 4 rings (SSSR count). The highest BCUT2D eigenvalue weighted by Crippen LogP contribution is 2.38. The van der Waals surface area contributed by atoms with Gasteiger partial charge in [0, 0.05) is 17.0 Å². The van der Waals surface area contributed by atoms with Crippen LogP contribution in [0.15, 0.2) is 42.5 Å². The van der Waals surface area contributed by atoms with Crippen LogP contribution < -0.4 is 4.74 Å². The molecule has 0 saturated carbocycles. The fraction of sp³-hybridized carbons (Fsp3) is 0.478. The van der Waals surface area contributed by atoms with Crippen molar-refractivity contribution < 1.29 is 39.7 Å². The van der Waals surface area contributed by atoms with E-state index >= 15 is 0 Å². The van der Waals surface area contributed by atoms with E-state index in [9.17, 15) is 25.5 Å². The second-order valence-corrected chi connectivity index (χ2v) is 8.60. The molecule has 174 valence electrons. The summed E-state index contributed by atoms with van der Waals surface area (Å²) in [5, 5.41) is 51.4. The predicted octanol–water partition coefficient (Wildman–Crippen LogP) is 0.717. The minimum absolute atomic E-state index is 0.0613. The summed E-state index contributed by atoms with van der Waals surface area (Å²) in [6.45, 7) is 0.649. The van der Waals surface area contributed by atoms with Crippen molar-refractivity contribution in [3.63, 3.8) is 0 Å². The number of halogens is 1. The number of rotatable bonds is 6. The summed E-state index contributed by atoms with van der Waals surface area (Å²) in [5.41, 5.74) is 1.75. The van der Waals surface area contributed by atoms with Crippen molar-refractivity contribution in [3.8, 4) is 5.75 Å². The van der Waals surface area contributed by atoms with Crippen LogP contribution in [0, 0.1) is 0 Å². The van der Waals surface area contributed by atoms with E-state index in [-0.39, 0.29) is 11.7 Å². The van der Waals surface area contributed by atoms with Crippen LogP contribution in [0.4, 0.5) is 0 Å². The fourth-order valence-electron chi connectivity index (χ4n) is 4.03. The lowest BCUT2D eigenvalue weighted by molar-refractivity contribution is -0.357. The van der Waals surface area contributed by atoms with Crippen LogP contribution in [0.3, 0.4) is 0 Å². The molecule has 2 heterocycles. The Hall–Kier alpha value is -1.75. The van der Waals surface area contributed by atoms with Crippen molar-refractivity contribution in [2.75, 3.05) is 19.8 Å². The third-order valence-corrected chi connectivity index (χ3v) is 6.30. The van der Waals surface area contributed by atoms with Gasteiger partial charge in [0.25, 0.3) is 0 Å². The Balaban J connectivity index is 1.53. The molecule has 0 radical (unpaired) electrons. The molecule has 32 heavy (non-hydrogen) atoms. The Bertz CT molecular complexity index is 915. The Labute approximate surface area is 190 Å². The Kier molecular flexibility index (Phi) is 7.04. The third-order valence-electron chi connectivity index (χ3n) is 5.93. The first kappa shape index (κ1) is 23.4. The number of benzene rings is 2. The SMILES string of the molecule is OCC1OC(O)(c2ccc(Cl)c(Cc3ccc(OC4CCOC4)cc3)c2)C(O)C(O)C1O. The van der Waals surface area contributed by atoms with E-state index < -0.39 is 36.8 Å². The molecule has 0 spiro atoms. The van der Waals surface area contributed by atoms with Crippen LogP contribution in [0.25, 0.3) is 0 Å². The Morgan fingerprint density at radius 1 is 1.06 bits per heavy atom. The van der Waals surface area contributed by atoms with Gasteiger partial charge in [-0.1, -0.05) is 29.8 Å². The summed E-state index contributed by atoms with van der Waals surface area (Å²) in [6, 6.07) is 12.2. The van der Waals surface area contributed by atoms with E-state index in [1.165, 1.54) is 6.07 Å². The molecule has 6 unspecified atom stereocenters. The summed E-state index contributed by atoms with van der Waals surface area (Å²) < 4.78 is 16.6. The smallest absolute Gasteiger partial charge is 0.222 e. The first-order valence-corrected chi connectivity index (χ1v) is 10.9. The van der Waals surface area contributed by atoms with Crippen molar-refractivity contribution in [3.05, 3.63) is 64.2 Å². The van der Waals surface area contributed by atoms with Crippen LogP contribution in [-0.2, 0) is 21.7 Å². The van der Waals surface area contributed by atoms with Crippen LogP contribution in [0.5, 0.6) is 5.75 Å². The Morgan fingerprint density at radius 2 is 1.81 bits per heavy atom. The number of aliphatic hydroxyl groups is 5. The van der Waals surface area contributed by atoms with Gasteiger partial charge in [-0.25, -0.2) is 0 Å². The predicted molar refractivity (Wildman–Crippen MR) is 114 cm³/mol. The van der Waals surface area contributed by atoms with E-state index in [0.717, 1.165) is 17.7 Å². The summed E-state index contributed by atoms with van der Waals surface area (Å²) in [6.07, 6.45) is -4.99. The van der Waals surface area contributed by atoms with Crippen LogP contribution >= 0.6 is 11.6 Å². The maximum Gasteiger partial charge on any atom is 0.222 e. The number of aliphatic hydroxyl groups excluding tert-OH is 4. The average Bonchev–Trinajstić information content (AvgIpc) is 3.30. The molecule has 5 N–H and O–H groups in total. The molecule has 2 aliphatic heterocycles. The van der Waals surface area contributed by atoms with E-state index in [2.05, 4.69) is 0 Å². The van der Waals surface area contributed by atoms with E-state index in [1.54, 1.807) is 12.1 Å². The standard InChI is InChI=1S/C23H27ClO8/c24-18-6-3-15(23(29)22(28)21(27)20(26)19(11-25)32-23)10-14(18)9-13-1-4-16(5-2-13)31-17-7-8-30-12-17/h1-6,10,17,19-22,25-29H,7-9,11-12H2. The van der Waals surface area contributed by atoms with Crippen LogP contribution in [0.2, 0.25) is 5.02 Å². The lowest BCUT2D eigenvalue weighted by atomic mass is 9.87. The van der Waals surface area contributed by atoms with E-state index in [4.69, 9.17) is 25.8 Å². The lowest BCUT2D eigenvalue weighted by Gasteiger charge is -2.45. The second kappa shape index (κ2) is 9.62. The van der Waals surface area contributed by atoms with Crippen molar-refractivity contribution in [2.45, 2.75) is 49.1 Å². The van der Waals surface area contributed by atoms with Crippen LogP contribution in [0.1, 0.15) is 23.1 Å². The van der Waals surface area contributed by atoms with Gasteiger partial charge >= 0.3 is 0 Å². The third kappa shape index (κ3) is 4.64. The zero-order chi connectivity index (χ0) is 22.9. The maximum atomic E-state index is 11.0. The largest absolute Gasteiger partial charge is 0.488 e. The molecular formula is C23H27ClO8. The second-order valence-electron chi connectivity index (χ2n) is 8.19. The van der Waals surface area contributed by atoms with Gasteiger partial charge in [0.1, 0.15) is 36.3 Å². The molecule has 0 bridgehead atoms. The van der Waals surface area contributed by atoms with Gasteiger partial charge in [-0.15, -0.1) is 0 Å². The number of hydrogen-bond donors (Lipinski definition) is 5. The zero-order valence-electron chi connectivity index (χ0n) is 17.3. The van der Waals surface area contributed by atoms with Crippen molar-refractivity contribution in [1.29, 1.82) is 0 Å². The van der Waals surface area contributed by atoms with Crippen molar-refractivity contribution in [2.24, 2.45) is 0 Å². The summed E-state index contributed by atoms with van der Waals surface area (Å²) in [5.74, 6) is -1.58. The van der Waals surface area contributed by atoms with E-state index in [1.807, 2.05) is 24.3 Å². The minimum atomic E-state index is -2.33. The molecule has 0 aromatic heterocycles. The summed E-state index contributed by atoms with van der Waals surface area (Å²) >= 11 is 6.37. The number of ether oxygens (including phenoxy) is 3. The molecule has 2 fully saturated rings. The van der Waals surface area contributed by atoms with Crippen molar-refractivity contribution >= 4 is 11.6 Å².